The first-order valence-corrected chi connectivity index (χ1v) is 7.72. The van der Waals surface area contributed by atoms with Crippen LogP contribution in [0.25, 0.3) is 0 Å². The zero-order valence-corrected chi connectivity index (χ0v) is 12.7. The minimum Gasteiger partial charge on any atom is -0.377 e. The van der Waals surface area contributed by atoms with Gasteiger partial charge in [-0.05, 0) is 28.8 Å². The first-order chi connectivity index (χ1) is 9.21. The number of rotatable bonds is 6. The van der Waals surface area contributed by atoms with Gasteiger partial charge in [0.25, 0.3) is 0 Å². The standard InChI is InChI=1S/C14H24N2O2S/c1-4-11(15)14(10-5-6-19-9-10)16-7-12(17-2)13(8-16)18-3/h5-6,9,11-14H,4,7-8,15H2,1-3H3. The Hall–Kier alpha value is -0.460. The summed E-state index contributed by atoms with van der Waals surface area (Å²) in [6.07, 6.45) is 1.23. The monoisotopic (exact) mass is 284 g/mol. The molecule has 1 fully saturated rings. The molecule has 1 saturated heterocycles. The minimum absolute atomic E-state index is 0.134. The topological polar surface area (TPSA) is 47.7 Å². The van der Waals surface area contributed by atoms with Crippen molar-refractivity contribution in [2.75, 3.05) is 27.3 Å². The second-order valence-electron chi connectivity index (χ2n) is 5.08. The van der Waals surface area contributed by atoms with Crippen molar-refractivity contribution in [3.8, 4) is 0 Å². The van der Waals surface area contributed by atoms with Gasteiger partial charge in [-0.2, -0.15) is 11.3 Å². The Bertz CT molecular complexity index is 360. The highest BCUT2D eigenvalue weighted by molar-refractivity contribution is 7.07. The molecular formula is C14H24N2O2S. The predicted molar refractivity (Wildman–Crippen MR) is 78.5 cm³/mol. The summed E-state index contributed by atoms with van der Waals surface area (Å²) in [5, 5.41) is 4.31. The molecule has 108 valence electrons. The molecule has 2 rings (SSSR count). The molecule has 0 aliphatic carbocycles. The van der Waals surface area contributed by atoms with Gasteiger partial charge in [0.1, 0.15) is 0 Å². The summed E-state index contributed by atoms with van der Waals surface area (Å²) < 4.78 is 11.0. The zero-order valence-electron chi connectivity index (χ0n) is 11.9. The Labute approximate surface area is 119 Å². The Balaban J connectivity index is 2.16. The highest BCUT2D eigenvalue weighted by atomic mass is 32.1. The minimum atomic E-state index is 0.134. The summed E-state index contributed by atoms with van der Waals surface area (Å²) >= 11 is 1.72. The number of hydrogen-bond donors (Lipinski definition) is 1. The summed E-state index contributed by atoms with van der Waals surface area (Å²) in [6, 6.07) is 2.57. The first-order valence-electron chi connectivity index (χ1n) is 6.78. The number of nitrogens with two attached hydrogens (primary N) is 1. The maximum atomic E-state index is 6.34. The molecule has 5 heteroatoms. The van der Waals surface area contributed by atoms with Gasteiger partial charge in [0.2, 0.25) is 0 Å². The van der Waals surface area contributed by atoms with Gasteiger partial charge in [-0.15, -0.1) is 0 Å². The second-order valence-corrected chi connectivity index (χ2v) is 5.86. The third kappa shape index (κ3) is 3.17. The third-order valence-electron chi connectivity index (χ3n) is 4.00. The number of ether oxygens (including phenoxy) is 2. The van der Waals surface area contributed by atoms with Crippen molar-refractivity contribution in [1.82, 2.24) is 4.90 Å². The average molecular weight is 284 g/mol. The number of nitrogens with zero attached hydrogens (tertiary/aromatic N) is 1. The molecule has 1 aromatic heterocycles. The molecule has 19 heavy (non-hydrogen) atoms. The lowest BCUT2D eigenvalue weighted by molar-refractivity contribution is -0.00461. The molecule has 4 unspecified atom stereocenters. The zero-order chi connectivity index (χ0) is 13.8. The lowest BCUT2D eigenvalue weighted by Gasteiger charge is -2.31. The van der Waals surface area contributed by atoms with Crippen LogP contribution in [0.15, 0.2) is 16.8 Å². The lowest BCUT2D eigenvalue weighted by Crippen LogP contribution is -2.40. The van der Waals surface area contributed by atoms with Crippen LogP contribution in [0.5, 0.6) is 0 Å². The van der Waals surface area contributed by atoms with Gasteiger partial charge in [0.15, 0.2) is 0 Å². The van der Waals surface area contributed by atoms with Crippen LogP contribution in [-0.4, -0.2) is 50.5 Å². The summed E-state index contributed by atoms with van der Waals surface area (Å²) in [5.41, 5.74) is 7.65. The summed E-state index contributed by atoms with van der Waals surface area (Å²) in [4.78, 5) is 2.40. The fourth-order valence-corrected chi connectivity index (χ4v) is 3.54. The molecule has 1 aromatic rings. The van der Waals surface area contributed by atoms with E-state index < -0.39 is 0 Å². The fourth-order valence-electron chi connectivity index (χ4n) is 2.85. The Morgan fingerprint density at radius 3 is 2.42 bits per heavy atom. The molecule has 0 bridgehead atoms. The van der Waals surface area contributed by atoms with Crippen LogP contribution in [0.2, 0.25) is 0 Å². The van der Waals surface area contributed by atoms with E-state index in [-0.39, 0.29) is 24.3 Å². The molecule has 4 nitrogen and oxygen atoms in total. The van der Waals surface area contributed by atoms with Crippen LogP contribution >= 0.6 is 11.3 Å². The van der Waals surface area contributed by atoms with E-state index in [1.54, 1.807) is 25.6 Å². The summed E-state index contributed by atoms with van der Waals surface area (Å²) in [5.74, 6) is 0. The molecule has 2 N–H and O–H groups in total. The van der Waals surface area contributed by atoms with Gasteiger partial charge in [-0.3, -0.25) is 4.90 Å². The Kier molecular flexibility index (Phi) is 5.36. The Morgan fingerprint density at radius 2 is 2.00 bits per heavy atom. The van der Waals surface area contributed by atoms with Crippen LogP contribution in [-0.2, 0) is 9.47 Å². The number of methoxy groups -OCH3 is 2. The molecule has 2 heterocycles. The van der Waals surface area contributed by atoms with E-state index in [2.05, 4.69) is 28.7 Å². The SMILES string of the molecule is CCC(N)C(c1ccsc1)N1CC(OC)C(OC)C1. The summed E-state index contributed by atoms with van der Waals surface area (Å²) in [6.45, 7) is 3.90. The van der Waals surface area contributed by atoms with E-state index in [1.807, 2.05) is 0 Å². The van der Waals surface area contributed by atoms with Crippen molar-refractivity contribution in [3.05, 3.63) is 22.4 Å². The predicted octanol–water partition coefficient (Wildman–Crippen LogP) is 1.87. The number of likely N-dealkylation sites (tertiary alicyclic amines) is 1. The van der Waals surface area contributed by atoms with Crippen LogP contribution in [0.1, 0.15) is 24.9 Å². The maximum Gasteiger partial charge on any atom is 0.0972 e. The average Bonchev–Trinajstić information content (AvgIpc) is 3.08. The normalized spacial score (nSPS) is 27.6. The van der Waals surface area contributed by atoms with Gasteiger partial charge in [0, 0.05) is 33.4 Å². The van der Waals surface area contributed by atoms with Gasteiger partial charge >= 0.3 is 0 Å². The third-order valence-corrected chi connectivity index (χ3v) is 4.71. The smallest absolute Gasteiger partial charge is 0.0972 e. The molecular weight excluding hydrogens is 260 g/mol. The molecule has 0 spiro atoms. The molecule has 1 aliphatic heterocycles. The fraction of sp³-hybridized carbons (Fsp3) is 0.714. The number of thiophene rings is 1. The van der Waals surface area contributed by atoms with Crippen LogP contribution < -0.4 is 5.73 Å². The number of hydrogen-bond acceptors (Lipinski definition) is 5. The highest BCUT2D eigenvalue weighted by Gasteiger charge is 2.38. The van der Waals surface area contributed by atoms with Crippen molar-refractivity contribution in [2.24, 2.45) is 5.73 Å². The van der Waals surface area contributed by atoms with Crippen LogP contribution in [0.4, 0.5) is 0 Å². The van der Waals surface area contributed by atoms with E-state index in [1.165, 1.54) is 5.56 Å². The van der Waals surface area contributed by atoms with Crippen molar-refractivity contribution in [1.29, 1.82) is 0 Å². The van der Waals surface area contributed by atoms with E-state index in [4.69, 9.17) is 15.2 Å². The molecule has 1 aliphatic rings. The molecule has 0 radical (unpaired) electrons. The molecule has 4 atom stereocenters. The van der Waals surface area contributed by atoms with Gasteiger partial charge < -0.3 is 15.2 Å². The van der Waals surface area contributed by atoms with Gasteiger partial charge in [-0.1, -0.05) is 6.92 Å². The second kappa shape index (κ2) is 6.81. The summed E-state index contributed by atoms with van der Waals surface area (Å²) in [7, 11) is 3.50. The largest absolute Gasteiger partial charge is 0.377 e. The van der Waals surface area contributed by atoms with Crippen molar-refractivity contribution in [2.45, 2.75) is 37.6 Å². The van der Waals surface area contributed by atoms with Gasteiger partial charge in [0.05, 0.1) is 18.2 Å². The van der Waals surface area contributed by atoms with Gasteiger partial charge in [-0.25, -0.2) is 0 Å². The molecule has 0 amide bonds. The van der Waals surface area contributed by atoms with Crippen molar-refractivity contribution >= 4 is 11.3 Å². The van der Waals surface area contributed by atoms with E-state index in [9.17, 15) is 0 Å². The van der Waals surface area contributed by atoms with Crippen LogP contribution in [0, 0.1) is 0 Å². The van der Waals surface area contributed by atoms with Crippen LogP contribution in [0.3, 0.4) is 0 Å². The van der Waals surface area contributed by atoms with E-state index in [0.29, 0.717) is 0 Å². The first kappa shape index (κ1) is 14.9. The van der Waals surface area contributed by atoms with E-state index in [0.717, 1.165) is 19.5 Å². The van der Waals surface area contributed by atoms with Crippen molar-refractivity contribution < 1.29 is 9.47 Å². The van der Waals surface area contributed by atoms with E-state index >= 15 is 0 Å². The molecule has 0 aromatic carbocycles. The lowest BCUT2D eigenvalue weighted by atomic mass is 9.99. The quantitative estimate of drug-likeness (QED) is 0.866. The van der Waals surface area contributed by atoms with Crippen molar-refractivity contribution in [3.63, 3.8) is 0 Å². The molecule has 0 saturated carbocycles. The highest BCUT2D eigenvalue weighted by Crippen LogP contribution is 2.31. The maximum absolute atomic E-state index is 6.34. The Morgan fingerprint density at radius 1 is 1.37 bits per heavy atom.